The fraction of sp³-hybridized carbons (Fsp3) is 0.875. The number of hydrogen-bond acceptors (Lipinski definition) is 8. The van der Waals surface area contributed by atoms with Crippen molar-refractivity contribution in [3.05, 3.63) is 12.7 Å². The largest absolute Gasteiger partial charge is 0.491 e. The van der Waals surface area contributed by atoms with Gasteiger partial charge in [-0.2, -0.15) is 0 Å². The molecule has 0 fully saturated rings. The molecule has 0 rings (SSSR count). The highest BCUT2D eigenvalue weighted by Gasteiger charge is 2.56. The van der Waals surface area contributed by atoms with Crippen molar-refractivity contribution in [1.29, 1.82) is 0 Å². The van der Waals surface area contributed by atoms with Gasteiger partial charge in [0.05, 0.1) is 0 Å². The first-order valence-corrected chi connectivity index (χ1v) is 33.7. The monoisotopic (exact) mass is 672 g/mol. The summed E-state index contributed by atoms with van der Waals surface area (Å²) < 4.78 is 46.2. The number of carbonyl (C=O) groups excluding carboxylic acids is 1. The van der Waals surface area contributed by atoms with E-state index < -0.39 is 65.7 Å². The Labute approximate surface area is 248 Å². The first-order chi connectivity index (χ1) is 17.2. The summed E-state index contributed by atoms with van der Waals surface area (Å²) in [6, 6.07) is 0. The van der Waals surface area contributed by atoms with E-state index in [1.54, 1.807) is 0 Å². The van der Waals surface area contributed by atoms with Gasteiger partial charge in [-0.1, -0.05) is 47.1 Å². The quantitative estimate of drug-likeness (QED) is 0.106. The minimum absolute atomic E-state index is 0.0985. The molecule has 2 unspecified atom stereocenters. The summed E-state index contributed by atoms with van der Waals surface area (Å²) >= 11 is 0. The first-order valence-electron chi connectivity index (χ1n) is 14.2. The Morgan fingerprint density at radius 1 is 0.590 bits per heavy atom. The highest BCUT2D eigenvalue weighted by atomic mass is 28.5. The zero-order valence-electron chi connectivity index (χ0n) is 28.1. The third-order valence-electron chi connectivity index (χ3n) is 5.95. The molecule has 0 aliphatic rings. The molecule has 0 aliphatic carbocycles. The third kappa shape index (κ3) is 14.5. The topological polar surface area (TPSA) is 81.7 Å². The molecule has 8 nitrogen and oxygen atoms in total. The van der Waals surface area contributed by atoms with E-state index in [4.69, 9.17) is 29.1 Å². The molecule has 0 bridgehead atoms. The SMILES string of the molecule is C=CC(=O)O[Si](O[Si](C)(C)O[Si](C)(C)O[Si](C)(C)O[Si](C)(C)O[Si](C)(C)O[Si](C)(C)C)(C(C)CC)C(C)CC. The summed E-state index contributed by atoms with van der Waals surface area (Å²) in [5, 5.41) is 0. The molecule has 0 radical (unpaired) electrons. The molecule has 232 valence electrons. The first kappa shape index (κ1) is 39.5. The molecule has 2 atom stereocenters. The van der Waals surface area contributed by atoms with Gasteiger partial charge >= 0.3 is 57.3 Å². The summed E-state index contributed by atoms with van der Waals surface area (Å²) in [5.41, 5.74) is 0.197. The van der Waals surface area contributed by atoms with Gasteiger partial charge in [0.2, 0.25) is 0 Å². The summed E-state index contributed by atoms with van der Waals surface area (Å²) in [7, 11) is -17.9. The number of carbonyl (C=O) groups is 1. The van der Waals surface area contributed by atoms with Crippen molar-refractivity contribution >= 4 is 65.7 Å². The van der Waals surface area contributed by atoms with Crippen LogP contribution in [0.15, 0.2) is 12.7 Å². The second-order valence-electron chi connectivity index (χ2n) is 13.7. The van der Waals surface area contributed by atoms with Crippen LogP contribution in [-0.4, -0.2) is 65.7 Å². The van der Waals surface area contributed by atoms with Crippen molar-refractivity contribution in [2.24, 2.45) is 0 Å². The van der Waals surface area contributed by atoms with Gasteiger partial charge < -0.3 is 29.1 Å². The molecular formula is C24H60O8Si7. The normalized spacial score (nSPS) is 17.4. The van der Waals surface area contributed by atoms with Crippen LogP contribution in [-0.2, 0) is 33.9 Å². The van der Waals surface area contributed by atoms with Crippen molar-refractivity contribution in [3.63, 3.8) is 0 Å². The summed E-state index contributed by atoms with van der Waals surface area (Å²) in [6.45, 7) is 39.2. The lowest BCUT2D eigenvalue weighted by Crippen LogP contribution is -2.62. The van der Waals surface area contributed by atoms with E-state index in [0.29, 0.717) is 0 Å². The van der Waals surface area contributed by atoms with Gasteiger partial charge in [-0.3, -0.25) is 0 Å². The Morgan fingerprint density at radius 3 is 1.13 bits per heavy atom. The van der Waals surface area contributed by atoms with E-state index in [1.165, 1.54) is 6.08 Å². The van der Waals surface area contributed by atoms with E-state index in [2.05, 4.69) is 93.2 Å². The molecule has 0 aromatic rings. The zero-order valence-corrected chi connectivity index (χ0v) is 35.1. The molecule has 0 N–H and O–H groups in total. The molecule has 15 heteroatoms. The fourth-order valence-electron chi connectivity index (χ4n) is 5.27. The van der Waals surface area contributed by atoms with Gasteiger partial charge in [-0.05, 0) is 85.1 Å². The smallest absolute Gasteiger partial charge is 0.398 e. The van der Waals surface area contributed by atoms with Crippen molar-refractivity contribution in [1.82, 2.24) is 0 Å². The maximum Gasteiger partial charge on any atom is 0.398 e. The van der Waals surface area contributed by atoms with Crippen LogP contribution in [0.2, 0.25) is 96.2 Å². The van der Waals surface area contributed by atoms with E-state index in [-0.39, 0.29) is 11.1 Å². The minimum atomic E-state index is -3.02. The highest BCUT2D eigenvalue weighted by molar-refractivity contribution is 6.92. The lowest BCUT2D eigenvalue weighted by atomic mass is 10.4. The Bertz CT molecular complexity index is 803. The zero-order chi connectivity index (χ0) is 31.3. The highest BCUT2D eigenvalue weighted by Crippen LogP contribution is 2.42. The van der Waals surface area contributed by atoms with Gasteiger partial charge in [0.1, 0.15) is 0 Å². The van der Waals surface area contributed by atoms with Crippen LogP contribution in [0.25, 0.3) is 0 Å². The van der Waals surface area contributed by atoms with E-state index in [0.717, 1.165) is 12.8 Å². The molecule has 39 heavy (non-hydrogen) atoms. The molecule has 0 saturated heterocycles. The maximum absolute atomic E-state index is 12.5. The Kier molecular flexibility index (Phi) is 14.5. The standard InChI is InChI=1S/C24H60O8Si7/c1-19-22(4)39(23(5)20-2,26-24(25)21-3)32-38(17,18)31-37(15,16)30-36(13,14)29-35(11,12)28-34(9,10)27-33(6,7)8/h21-23H,3,19-20H2,1-2,4-18H3. The average molecular weight is 673 g/mol. The third-order valence-corrected chi connectivity index (χ3v) is 33.4. The van der Waals surface area contributed by atoms with Gasteiger partial charge in [0.15, 0.2) is 8.32 Å². The lowest BCUT2D eigenvalue weighted by molar-refractivity contribution is -0.131. The van der Waals surface area contributed by atoms with Crippen LogP contribution in [0.3, 0.4) is 0 Å². The fourth-order valence-corrected chi connectivity index (χ4v) is 40.6. The van der Waals surface area contributed by atoms with Crippen LogP contribution >= 0.6 is 0 Å². The molecule has 0 amide bonds. The predicted molar refractivity (Wildman–Crippen MR) is 179 cm³/mol. The van der Waals surface area contributed by atoms with Gasteiger partial charge in [0.25, 0.3) is 0 Å². The Morgan fingerprint density at radius 2 is 0.872 bits per heavy atom. The van der Waals surface area contributed by atoms with E-state index in [1.807, 2.05) is 26.2 Å². The summed E-state index contributed by atoms with van der Waals surface area (Å²) in [4.78, 5) is 12.5. The van der Waals surface area contributed by atoms with Crippen LogP contribution in [0, 0.1) is 0 Å². The molecule has 0 aliphatic heterocycles. The molecular weight excluding hydrogens is 613 g/mol. The summed E-state index contributed by atoms with van der Waals surface area (Å²) in [6.07, 6.45) is 2.92. The van der Waals surface area contributed by atoms with Crippen molar-refractivity contribution in [2.45, 2.75) is 137 Å². The predicted octanol–water partition coefficient (Wildman–Crippen LogP) is 8.20. The van der Waals surface area contributed by atoms with E-state index in [9.17, 15) is 4.79 Å². The van der Waals surface area contributed by atoms with Crippen LogP contribution in [0.5, 0.6) is 0 Å². The molecule has 0 saturated carbocycles. The molecule has 0 spiro atoms. The summed E-state index contributed by atoms with van der Waals surface area (Å²) in [5.74, 6) is -0.432. The van der Waals surface area contributed by atoms with Crippen molar-refractivity contribution in [2.75, 3.05) is 0 Å². The Balaban J connectivity index is 5.87. The maximum atomic E-state index is 12.5. The van der Waals surface area contributed by atoms with Gasteiger partial charge in [-0.25, -0.2) is 4.79 Å². The average Bonchev–Trinajstić information content (AvgIpc) is 2.65. The van der Waals surface area contributed by atoms with Crippen molar-refractivity contribution < 1.29 is 33.9 Å². The second-order valence-corrected chi connectivity index (χ2v) is 40.4. The molecule has 0 heterocycles. The molecule has 0 aromatic carbocycles. The minimum Gasteiger partial charge on any atom is -0.491 e. The number of hydrogen-bond donors (Lipinski definition) is 0. The lowest BCUT2D eigenvalue weighted by Gasteiger charge is -2.46. The second kappa shape index (κ2) is 14.3. The Hall–Kier alpha value is 0.488. The van der Waals surface area contributed by atoms with Crippen LogP contribution in [0.4, 0.5) is 0 Å². The molecule has 0 aromatic heterocycles. The van der Waals surface area contributed by atoms with Crippen LogP contribution in [0.1, 0.15) is 40.5 Å². The number of rotatable bonds is 18. The van der Waals surface area contributed by atoms with E-state index >= 15 is 0 Å². The van der Waals surface area contributed by atoms with Gasteiger partial charge in [-0.15, -0.1) is 0 Å². The van der Waals surface area contributed by atoms with Gasteiger partial charge in [0, 0.05) is 17.2 Å². The van der Waals surface area contributed by atoms with Crippen molar-refractivity contribution in [3.8, 4) is 0 Å². The van der Waals surface area contributed by atoms with Crippen LogP contribution < -0.4 is 0 Å².